The van der Waals surface area contributed by atoms with Crippen molar-refractivity contribution in [3.05, 3.63) is 41.7 Å². The number of H-pyrrole nitrogens is 1. The number of aromatic amines is 1. The first kappa shape index (κ1) is 17.0. The number of amides is 1. The molecule has 1 amide bonds. The highest BCUT2D eigenvalue weighted by molar-refractivity contribution is 5.95. The Morgan fingerprint density at radius 3 is 2.62 bits per heavy atom. The van der Waals surface area contributed by atoms with Gasteiger partial charge in [-0.3, -0.25) is 15.2 Å². The number of rotatable bonds is 5. The third-order valence-electron chi connectivity index (χ3n) is 3.39. The Kier molecular flexibility index (Phi) is 4.85. The largest absolute Gasteiger partial charge is 0.325 e. The zero-order valence-corrected chi connectivity index (χ0v) is 14.2. The van der Waals surface area contributed by atoms with Crippen LogP contribution in [0.15, 0.2) is 30.3 Å². The van der Waals surface area contributed by atoms with Gasteiger partial charge < -0.3 is 5.32 Å². The van der Waals surface area contributed by atoms with Gasteiger partial charge in [-0.05, 0) is 32.0 Å². The number of benzene rings is 1. The topological polar surface area (TPSA) is 132 Å². The van der Waals surface area contributed by atoms with Crippen molar-refractivity contribution in [2.75, 3.05) is 10.6 Å². The second kappa shape index (κ2) is 7.40. The van der Waals surface area contributed by atoms with E-state index in [4.69, 9.17) is 5.26 Å². The van der Waals surface area contributed by atoms with Crippen molar-refractivity contribution >= 4 is 23.5 Å². The summed E-state index contributed by atoms with van der Waals surface area (Å²) >= 11 is 0. The number of para-hydroxylation sites is 1. The van der Waals surface area contributed by atoms with Crippen molar-refractivity contribution in [3.63, 3.8) is 0 Å². The maximum absolute atomic E-state index is 11.7. The summed E-state index contributed by atoms with van der Waals surface area (Å²) in [5.41, 5.74) is 2.86. The Bertz CT molecular complexity index is 968. The fraction of sp³-hybridized carbons (Fsp3) is 0.176. The summed E-state index contributed by atoms with van der Waals surface area (Å²) in [5, 5.41) is 21.2. The number of aromatic nitrogens is 5. The molecule has 9 nitrogen and oxygen atoms in total. The summed E-state index contributed by atoms with van der Waals surface area (Å²) in [6.45, 7) is 3.76. The number of anilines is 3. The molecule has 0 atom stereocenters. The summed E-state index contributed by atoms with van der Waals surface area (Å²) < 4.78 is 0. The first-order valence-corrected chi connectivity index (χ1v) is 7.83. The average Bonchev–Trinajstić information content (AvgIpc) is 3.03. The standard InChI is InChI=1S/C17H16N8O/c1-10-9-11(2)20-16(19-10)23-17-22-15(24-25-17)12-5-3-4-6-13(12)21-14(26)7-8-18/h3-6,9H,7H2,1-2H3,(H,21,26)(H2,19,20,22,23,24,25). The van der Waals surface area contributed by atoms with E-state index >= 15 is 0 Å². The van der Waals surface area contributed by atoms with E-state index in [1.165, 1.54) is 0 Å². The molecule has 0 unspecified atom stereocenters. The molecule has 0 aliphatic rings. The van der Waals surface area contributed by atoms with Gasteiger partial charge in [0.15, 0.2) is 5.82 Å². The minimum atomic E-state index is -0.388. The molecule has 0 fully saturated rings. The third kappa shape index (κ3) is 3.99. The van der Waals surface area contributed by atoms with Crippen LogP contribution >= 0.6 is 0 Å². The SMILES string of the molecule is Cc1cc(C)nc(Nc2n[nH]c(-c3ccccc3NC(=O)CC#N)n2)n1. The van der Waals surface area contributed by atoms with Gasteiger partial charge in [-0.2, -0.15) is 10.2 Å². The van der Waals surface area contributed by atoms with E-state index in [1.807, 2.05) is 32.0 Å². The van der Waals surface area contributed by atoms with Gasteiger partial charge in [-0.25, -0.2) is 9.97 Å². The summed E-state index contributed by atoms with van der Waals surface area (Å²) in [6.07, 6.45) is -0.221. The second-order valence-corrected chi connectivity index (χ2v) is 5.54. The highest BCUT2D eigenvalue weighted by Gasteiger charge is 2.13. The van der Waals surface area contributed by atoms with Crippen molar-refractivity contribution in [2.45, 2.75) is 20.3 Å². The van der Waals surface area contributed by atoms with Gasteiger partial charge in [0.1, 0.15) is 6.42 Å². The van der Waals surface area contributed by atoms with Gasteiger partial charge in [0.05, 0.1) is 11.8 Å². The smallest absolute Gasteiger partial charge is 0.249 e. The average molecular weight is 348 g/mol. The molecule has 3 rings (SSSR count). The summed E-state index contributed by atoms with van der Waals surface area (Å²) in [4.78, 5) is 24.6. The summed E-state index contributed by atoms with van der Waals surface area (Å²) in [5.74, 6) is 0.790. The summed E-state index contributed by atoms with van der Waals surface area (Å²) in [7, 11) is 0. The molecule has 2 aromatic heterocycles. The lowest BCUT2D eigenvalue weighted by Gasteiger charge is -2.07. The molecule has 0 saturated carbocycles. The fourth-order valence-electron chi connectivity index (χ4n) is 2.38. The Morgan fingerprint density at radius 1 is 1.15 bits per heavy atom. The molecule has 0 aliphatic heterocycles. The van der Waals surface area contributed by atoms with Crippen LogP contribution in [0.25, 0.3) is 11.4 Å². The van der Waals surface area contributed by atoms with Gasteiger partial charge in [0.25, 0.3) is 0 Å². The molecule has 2 heterocycles. The van der Waals surface area contributed by atoms with E-state index in [9.17, 15) is 4.79 Å². The number of hydrogen-bond acceptors (Lipinski definition) is 7. The van der Waals surface area contributed by atoms with Crippen LogP contribution in [0.2, 0.25) is 0 Å². The Morgan fingerprint density at radius 2 is 1.88 bits per heavy atom. The van der Waals surface area contributed by atoms with Crippen molar-refractivity contribution in [2.24, 2.45) is 0 Å². The maximum Gasteiger partial charge on any atom is 0.249 e. The first-order chi connectivity index (χ1) is 12.5. The molecular weight excluding hydrogens is 332 g/mol. The Hall–Kier alpha value is -3.80. The molecule has 0 aliphatic carbocycles. The molecule has 0 spiro atoms. The van der Waals surface area contributed by atoms with Crippen LogP contribution in [0.4, 0.5) is 17.6 Å². The molecule has 0 bridgehead atoms. The van der Waals surface area contributed by atoms with Crippen molar-refractivity contribution in [3.8, 4) is 17.5 Å². The number of nitriles is 1. The molecule has 0 saturated heterocycles. The molecule has 3 N–H and O–H groups in total. The molecule has 3 aromatic rings. The minimum absolute atomic E-state index is 0.221. The lowest BCUT2D eigenvalue weighted by Crippen LogP contribution is -2.11. The van der Waals surface area contributed by atoms with E-state index in [0.717, 1.165) is 11.4 Å². The van der Waals surface area contributed by atoms with Gasteiger partial charge in [0, 0.05) is 17.0 Å². The number of nitrogens with zero attached hydrogens (tertiary/aromatic N) is 5. The quantitative estimate of drug-likeness (QED) is 0.645. The van der Waals surface area contributed by atoms with E-state index < -0.39 is 0 Å². The third-order valence-corrected chi connectivity index (χ3v) is 3.39. The Labute approximate surface area is 149 Å². The van der Waals surface area contributed by atoms with E-state index in [2.05, 4.69) is 35.8 Å². The van der Waals surface area contributed by atoms with Gasteiger partial charge >= 0.3 is 0 Å². The van der Waals surface area contributed by atoms with Crippen LogP contribution in [-0.2, 0) is 4.79 Å². The second-order valence-electron chi connectivity index (χ2n) is 5.54. The van der Waals surface area contributed by atoms with Crippen molar-refractivity contribution in [1.82, 2.24) is 25.1 Å². The number of aryl methyl sites for hydroxylation is 2. The van der Waals surface area contributed by atoms with Gasteiger partial charge in [-0.15, -0.1) is 5.10 Å². The lowest BCUT2D eigenvalue weighted by atomic mass is 10.1. The van der Waals surface area contributed by atoms with Gasteiger partial charge in [-0.1, -0.05) is 12.1 Å². The number of hydrogen-bond donors (Lipinski definition) is 3. The highest BCUT2D eigenvalue weighted by atomic mass is 16.1. The normalized spacial score (nSPS) is 10.2. The van der Waals surface area contributed by atoms with Crippen LogP contribution in [0, 0.1) is 25.2 Å². The Balaban J connectivity index is 1.84. The highest BCUT2D eigenvalue weighted by Crippen LogP contribution is 2.26. The number of carbonyl (C=O) groups is 1. The van der Waals surface area contributed by atoms with E-state index in [0.29, 0.717) is 29.0 Å². The fourth-order valence-corrected chi connectivity index (χ4v) is 2.38. The molecule has 130 valence electrons. The van der Waals surface area contributed by atoms with E-state index in [-0.39, 0.29) is 12.3 Å². The predicted molar refractivity (Wildman–Crippen MR) is 95.5 cm³/mol. The molecule has 0 radical (unpaired) electrons. The van der Waals surface area contributed by atoms with Crippen LogP contribution < -0.4 is 10.6 Å². The predicted octanol–water partition coefficient (Wildman–Crippen LogP) is 2.47. The molecule has 9 heteroatoms. The molecular formula is C17H16N8O. The van der Waals surface area contributed by atoms with Crippen LogP contribution in [0.3, 0.4) is 0 Å². The van der Waals surface area contributed by atoms with Crippen LogP contribution in [-0.4, -0.2) is 31.1 Å². The number of nitrogens with one attached hydrogen (secondary N) is 3. The van der Waals surface area contributed by atoms with Crippen LogP contribution in [0.5, 0.6) is 0 Å². The van der Waals surface area contributed by atoms with E-state index in [1.54, 1.807) is 18.2 Å². The van der Waals surface area contributed by atoms with Crippen LogP contribution in [0.1, 0.15) is 17.8 Å². The lowest BCUT2D eigenvalue weighted by molar-refractivity contribution is -0.115. The maximum atomic E-state index is 11.7. The van der Waals surface area contributed by atoms with Crippen molar-refractivity contribution in [1.29, 1.82) is 5.26 Å². The monoisotopic (exact) mass is 348 g/mol. The zero-order chi connectivity index (χ0) is 18.5. The zero-order valence-electron chi connectivity index (χ0n) is 14.2. The summed E-state index contributed by atoms with van der Waals surface area (Å²) in [6, 6.07) is 10.8. The minimum Gasteiger partial charge on any atom is -0.325 e. The first-order valence-electron chi connectivity index (χ1n) is 7.83. The molecule has 26 heavy (non-hydrogen) atoms. The number of carbonyl (C=O) groups excluding carboxylic acids is 1. The van der Waals surface area contributed by atoms with Gasteiger partial charge in [0.2, 0.25) is 17.8 Å². The van der Waals surface area contributed by atoms with Crippen molar-refractivity contribution < 1.29 is 4.79 Å². The molecule has 1 aromatic carbocycles.